The highest BCUT2D eigenvalue weighted by Gasteiger charge is 2.26. The van der Waals surface area contributed by atoms with Gasteiger partial charge in [-0.25, -0.2) is 4.79 Å². The van der Waals surface area contributed by atoms with E-state index < -0.39 is 11.6 Å². The molecule has 0 aliphatic carbocycles. The lowest BCUT2D eigenvalue weighted by atomic mass is 10.2. The Kier molecular flexibility index (Phi) is 4.58. The van der Waals surface area contributed by atoms with Crippen LogP contribution in [0.4, 0.5) is 10.5 Å². The molecule has 0 spiro atoms. The van der Waals surface area contributed by atoms with Crippen LogP contribution in [0.15, 0.2) is 38.1 Å². The fourth-order valence-electron chi connectivity index (χ4n) is 1.91. The summed E-state index contributed by atoms with van der Waals surface area (Å²) in [4.78, 5) is 26.1. The summed E-state index contributed by atoms with van der Waals surface area (Å²) in [6.07, 6.45) is 0. The first kappa shape index (κ1) is 15.9. The van der Waals surface area contributed by atoms with E-state index in [4.69, 9.17) is 16.1 Å². The molecule has 0 saturated heterocycles. The van der Waals surface area contributed by atoms with Crippen LogP contribution in [0.1, 0.15) is 19.6 Å². The Balaban J connectivity index is 2.47. The van der Waals surface area contributed by atoms with Crippen LogP contribution in [-0.4, -0.2) is 16.8 Å². The number of aromatic nitrogens is 1. The molecular weight excluding hydrogens is 360 g/mol. The minimum Gasteiger partial charge on any atom is -0.371 e. The molecule has 0 N–H and O–H groups in total. The molecule has 1 heterocycles. The lowest BCUT2D eigenvalue weighted by molar-refractivity contribution is 0.210. The van der Waals surface area contributed by atoms with E-state index in [9.17, 15) is 9.59 Å². The second-order valence-electron chi connectivity index (χ2n) is 4.78. The first-order valence-corrected chi connectivity index (χ1v) is 7.47. The monoisotopic (exact) mass is 372 g/mol. The van der Waals surface area contributed by atoms with Gasteiger partial charge < -0.3 is 4.52 Å². The standard InChI is InChI=1S/C14H14BrClN2O3/c1-8(2)17(11-6-4-10(16)5-7-11)14(20)18-13(19)12(15)9(3)21-18/h4-8H,1-3H3. The smallest absolute Gasteiger partial charge is 0.365 e. The van der Waals surface area contributed by atoms with Gasteiger partial charge >= 0.3 is 11.6 Å². The van der Waals surface area contributed by atoms with Gasteiger partial charge in [-0.1, -0.05) is 16.3 Å². The predicted octanol–water partition coefficient (Wildman–Crippen LogP) is 4.05. The molecule has 0 atom stereocenters. The maximum absolute atomic E-state index is 12.6. The highest BCUT2D eigenvalue weighted by atomic mass is 79.9. The Labute approximate surface area is 135 Å². The number of carbonyl (C=O) groups excluding carboxylic acids is 1. The number of aryl methyl sites for hydroxylation is 1. The number of benzene rings is 1. The van der Waals surface area contributed by atoms with Crippen LogP contribution >= 0.6 is 27.5 Å². The van der Waals surface area contributed by atoms with Crippen molar-refractivity contribution < 1.29 is 9.32 Å². The average Bonchev–Trinajstić information content (AvgIpc) is 2.68. The molecule has 112 valence electrons. The third-order valence-electron chi connectivity index (χ3n) is 2.91. The van der Waals surface area contributed by atoms with Gasteiger partial charge in [0.1, 0.15) is 10.2 Å². The molecule has 0 unspecified atom stereocenters. The van der Waals surface area contributed by atoms with Gasteiger partial charge in [0.05, 0.1) is 0 Å². The lowest BCUT2D eigenvalue weighted by Gasteiger charge is -2.25. The molecule has 21 heavy (non-hydrogen) atoms. The van der Waals surface area contributed by atoms with E-state index in [-0.39, 0.29) is 10.5 Å². The molecule has 0 aliphatic rings. The van der Waals surface area contributed by atoms with Crippen molar-refractivity contribution in [3.05, 3.63) is 49.9 Å². The Bertz CT molecular complexity index is 719. The van der Waals surface area contributed by atoms with Crippen molar-refractivity contribution in [3.63, 3.8) is 0 Å². The molecule has 0 radical (unpaired) electrons. The van der Waals surface area contributed by atoms with Gasteiger partial charge in [0.25, 0.3) is 0 Å². The third-order valence-corrected chi connectivity index (χ3v) is 4.06. The van der Waals surface area contributed by atoms with Crippen LogP contribution in [-0.2, 0) is 0 Å². The maximum atomic E-state index is 12.6. The van der Waals surface area contributed by atoms with Crippen molar-refractivity contribution in [1.82, 2.24) is 4.74 Å². The molecule has 1 aromatic carbocycles. The summed E-state index contributed by atoms with van der Waals surface area (Å²) in [5.41, 5.74) is 0.119. The van der Waals surface area contributed by atoms with Crippen molar-refractivity contribution in [2.75, 3.05) is 4.90 Å². The molecule has 0 saturated carbocycles. The second-order valence-corrected chi connectivity index (χ2v) is 6.01. The summed E-state index contributed by atoms with van der Waals surface area (Å²) in [6.45, 7) is 5.31. The average molecular weight is 374 g/mol. The topological polar surface area (TPSA) is 55.5 Å². The van der Waals surface area contributed by atoms with Gasteiger partial charge in [-0.15, -0.1) is 0 Å². The molecular formula is C14H14BrClN2O3. The summed E-state index contributed by atoms with van der Waals surface area (Å²) in [6, 6.07) is 6.10. The summed E-state index contributed by atoms with van der Waals surface area (Å²) < 4.78 is 6.21. The van der Waals surface area contributed by atoms with Gasteiger partial charge in [0.15, 0.2) is 0 Å². The van der Waals surface area contributed by atoms with E-state index in [1.807, 2.05) is 13.8 Å². The summed E-state index contributed by atoms with van der Waals surface area (Å²) >= 11 is 8.96. The predicted molar refractivity (Wildman–Crippen MR) is 85.3 cm³/mol. The highest BCUT2D eigenvalue weighted by molar-refractivity contribution is 9.10. The number of rotatable bonds is 2. The Hall–Kier alpha value is -1.53. The molecule has 2 aromatic rings. The third kappa shape index (κ3) is 3.06. The van der Waals surface area contributed by atoms with Gasteiger partial charge in [0.2, 0.25) is 0 Å². The van der Waals surface area contributed by atoms with Crippen LogP contribution in [0.5, 0.6) is 0 Å². The van der Waals surface area contributed by atoms with Gasteiger partial charge in [-0.05, 0) is 61.0 Å². The number of anilines is 1. The Morgan fingerprint density at radius 3 is 2.33 bits per heavy atom. The Morgan fingerprint density at radius 2 is 1.90 bits per heavy atom. The molecule has 1 amide bonds. The SMILES string of the molecule is Cc1on(C(=O)N(c2ccc(Cl)cc2)C(C)C)c(=O)c1Br. The first-order valence-electron chi connectivity index (χ1n) is 6.30. The van der Waals surface area contributed by atoms with E-state index in [1.165, 1.54) is 4.90 Å². The van der Waals surface area contributed by atoms with Crippen molar-refractivity contribution in [3.8, 4) is 0 Å². The van der Waals surface area contributed by atoms with Gasteiger partial charge in [0, 0.05) is 16.8 Å². The number of nitrogens with zero attached hydrogens (tertiary/aromatic N) is 2. The van der Waals surface area contributed by atoms with Crippen molar-refractivity contribution >= 4 is 39.2 Å². The zero-order valence-electron chi connectivity index (χ0n) is 11.8. The fourth-order valence-corrected chi connectivity index (χ4v) is 2.27. The van der Waals surface area contributed by atoms with E-state index in [0.29, 0.717) is 16.5 Å². The zero-order chi connectivity index (χ0) is 15.7. The number of hydrogen-bond acceptors (Lipinski definition) is 3. The minimum atomic E-state index is -0.550. The molecule has 5 nitrogen and oxygen atoms in total. The number of amides is 1. The van der Waals surface area contributed by atoms with Gasteiger partial charge in [-0.2, -0.15) is 0 Å². The molecule has 7 heteroatoms. The van der Waals surface area contributed by atoms with E-state index in [2.05, 4.69) is 15.9 Å². The summed E-state index contributed by atoms with van der Waals surface area (Å²) in [7, 11) is 0. The number of halogens is 2. The summed E-state index contributed by atoms with van der Waals surface area (Å²) in [5, 5.41) is 0.573. The second kappa shape index (κ2) is 6.07. The number of hydrogen-bond donors (Lipinski definition) is 0. The minimum absolute atomic E-state index is 0.158. The van der Waals surface area contributed by atoms with Crippen LogP contribution in [0.3, 0.4) is 0 Å². The molecule has 2 rings (SSSR count). The zero-order valence-corrected chi connectivity index (χ0v) is 14.1. The first-order chi connectivity index (χ1) is 9.82. The van der Waals surface area contributed by atoms with Crippen LogP contribution in [0, 0.1) is 6.92 Å². The van der Waals surface area contributed by atoms with Crippen molar-refractivity contribution in [2.45, 2.75) is 26.8 Å². The van der Waals surface area contributed by atoms with E-state index in [0.717, 1.165) is 4.74 Å². The van der Waals surface area contributed by atoms with Crippen LogP contribution < -0.4 is 10.5 Å². The molecule has 1 aromatic heterocycles. The van der Waals surface area contributed by atoms with Crippen molar-refractivity contribution in [1.29, 1.82) is 0 Å². The number of carbonyl (C=O) groups is 1. The van der Waals surface area contributed by atoms with Crippen molar-refractivity contribution in [2.24, 2.45) is 0 Å². The maximum Gasteiger partial charge on any atom is 0.365 e. The molecule has 0 aliphatic heterocycles. The molecule has 0 bridgehead atoms. The fraction of sp³-hybridized carbons (Fsp3) is 0.286. The van der Waals surface area contributed by atoms with Crippen LogP contribution in [0.2, 0.25) is 5.02 Å². The van der Waals surface area contributed by atoms with Crippen LogP contribution in [0.25, 0.3) is 0 Å². The quantitative estimate of drug-likeness (QED) is 0.798. The molecule has 0 fully saturated rings. The van der Waals surface area contributed by atoms with E-state index in [1.54, 1.807) is 31.2 Å². The summed E-state index contributed by atoms with van der Waals surface area (Å²) in [5.74, 6) is 0.355. The lowest BCUT2D eigenvalue weighted by Crippen LogP contribution is -2.42. The largest absolute Gasteiger partial charge is 0.371 e. The van der Waals surface area contributed by atoms with Gasteiger partial charge in [-0.3, -0.25) is 9.69 Å². The normalized spacial score (nSPS) is 11.0. The van der Waals surface area contributed by atoms with E-state index >= 15 is 0 Å². The Morgan fingerprint density at radius 1 is 1.33 bits per heavy atom. The highest BCUT2D eigenvalue weighted by Crippen LogP contribution is 2.21.